The zero-order valence-corrected chi connectivity index (χ0v) is 24.2. The number of epoxide rings is 1. The molecule has 0 amide bonds. The van der Waals surface area contributed by atoms with Crippen LogP contribution in [0.1, 0.15) is 106 Å². The van der Waals surface area contributed by atoms with E-state index in [1.807, 2.05) is 0 Å². The third-order valence-corrected chi connectivity index (χ3v) is 11.5. The van der Waals surface area contributed by atoms with E-state index in [0.29, 0.717) is 30.1 Å². The molecule has 1 heterocycles. The van der Waals surface area contributed by atoms with E-state index in [0.717, 1.165) is 32.1 Å². The van der Waals surface area contributed by atoms with Gasteiger partial charge in [0.1, 0.15) is 17.8 Å². The van der Waals surface area contributed by atoms with Crippen LogP contribution in [0.4, 0.5) is 0 Å². The number of esters is 2. The molecule has 0 aromatic rings. The van der Waals surface area contributed by atoms with E-state index in [2.05, 4.69) is 41.2 Å². The average Bonchev–Trinajstić information content (AvgIpc) is 3.43. The van der Waals surface area contributed by atoms with Crippen molar-refractivity contribution in [1.82, 2.24) is 0 Å². The zero-order chi connectivity index (χ0) is 26.9. The maximum atomic E-state index is 12.4. The molecule has 0 bridgehead atoms. The maximum absolute atomic E-state index is 12.4. The second-order valence-corrected chi connectivity index (χ2v) is 13.8. The lowest BCUT2D eigenvalue weighted by atomic mass is 9.48. The Bertz CT molecular complexity index is 1010. The number of allylic oxidation sites excluding steroid dienone is 2. The average molecular weight is 513 g/mol. The molecule has 5 rings (SSSR count). The summed E-state index contributed by atoms with van der Waals surface area (Å²) in [6, 6.07) is 0. The van der Waals surface area contributed by atoms with Crippen LogP contribution in [0.5, 0.6) is 0 Å². The molecule has 206 valence electrons. The van der Waals surface area contributed by atoms with Gasteiger partial charge in [0, 0.05) is 25.7 Å². The summed E-state index contributed by atoms with van der Waals surface area (Å²) in [5.74, 6) is 1.72. The van der Waals surface area contributed by atoms with Gasteiger partial charge >= 0.3 is 11.9 Å². The van der Waals surface area contributed by atoms with Crippen molar-refractivity contribution in [2.45, 2.75) is 130 Å². The molecule has 2 unspecified atom stereocenters. The lowest BCUT2D eigenvalue weighted by Gasteiger charge is -2.56. The van der Waals surface area contributed by atoms with Crippen molar-refractivity contribution in [2.24, 2.45) is 34.5 Å². The summed E-state index contributed by atoms with van der Waals surface area (Å²) < 4.78 is 18.4. The zero-order valence-electron chi connectivity index (χ0n) is 24.2. The van der Waals surface area contributed by atoms with Crippen molar-refractivity contribution in [3.05, 3.63) is 23.3 Å². The molecular weight excluding hydrogens is 464 g/mol. The maximum Gasteiger partial charge on any atom is 0.303 e. The van der Waals surface area contributed by atoms with E-state index in [-0.39, 0.29) is 46.7 Å². The highest BCUT2D eigenvalue weighted by Crippen LogP contribution is 2.73. The summed E-state index contributed by atoms with van der Waals surface area (Å²) in [6.07, 6.45) is 8.92. The largest absolute Gasteiger partial charge is 0.462 e. The molecule has 4 fully saturated rings. The standard InChI is InChI=1S/C32H48O5/c1-18(2)19(3)9-10-20(4)24-11-12-25-27-26(14-15-30(24,25)7)31(8)16-13-23(35-21(5)33)17-32(31)29(37-32)28(27)36-22(6)34/h18,20,23-24,26,28-29H,3,9-17H2,1-2,4-8H3/t20?,23-,24+,26?,28-,29-,30+,31+,32-/m0/s1. The van der Waals surface area contributed by atoms with Gasteiger partial charge in [-0.2, -0.15) is 0 Å². The summed E-state index contributed by atoms with van der Waals surface area (Å²) >= 11 is 0. The smallest absolute Gasteiger partial charge is 0.303 e. The Balaban J connectivity index is 1.47. The normalized spacial score (nSPS) is 42.8. The van der Waals surface area contributed by atoms with E-state index in [9.17, 15) is 9.59 Å². The summed E-state index contributed by atoms with van der Waals surface area (Å²) in [6.45, 7) is 19.2. The third-order valence-electron chi connectivity index (χ3n) is 11.5. The molecule has 5 aliphatic rings. The van der Waals surface area contributed by atoms with Gasteiger partial charge in [-0.05, 0) is 86.0 Å². The molecule has 1 spiro atoms. The topological polar surface area (TPSA) is 65.1 Å². The lowest BCUT2D eigenvalue weighted by Crippen LogP contribution is -2.58. The molecule has 4 aliphatic carbocycles. The highest BCUT2D eigenvalue weighted by atomic mass is 16.7. The van der Waals surface area contributed by atoms with Crippen LogP contribution in [0, 0.1) is 34.5 Å². The van der Waals surface area contributed by atoms with E-state index < -0.39 is 0 Å². The van der Waals surface area contributed by atoms with Crippen molar-refractivity contribution in [2.75, 3.05) is 0 Å². The van der Waals surface area contributed by atoms with Gasteiger partial charge in [0.2, 0.25) is 0 Å². The number of hydrogen-bond donors (Lipinski definition) is 0. The first-order chi connectivity index (χ1) is 17.3. The van der Waals surface area contributed by atoms with Crippen LogP contribution >= 0.6 is 0 Å². The fraction of sp³-hybridized carbons (Fsp3) is 0.812. The van der Waals surface area contributed by atoms with Gasteiger partial charge in [-0.15, -0.1) is 0 Å². The Morgan fingerprint density at radius 2 is 1.76 bits per heavy atom. The number of ether oxygens (including phenoxy) is 3. The minimum absolute atomic E-state index is 0.0205. The van der Waals surface area contributed by atoms with Crippen LogP contribution in [0.25, 0.3) is 0 Å². The lowest BCUT2D eigenvalue weighted by molar-refractivity contribution is -0.153. The second-order valence-electron chi connectivity index (χ2n) is 13.8. The quantitative estimate of drug-likeness (QED) is 0.210. The summed E-state index contributed by atoms with van der Waals surface area (Å²) in [5, 5.41) is 0. The second kappa shape index (κ2) is 9.24. The SMILES string of the molecule is C=C(CCC(C)[C@H]1CCC2=C3C(CC[C@@]21C)[C@@]1(C)CC[C@H](OC(C)=O)C[C@@]12O[C@H]2[C@H]3OC(C)=O)C(C)C. The van der Waals surface area contributed by atoms with Gasteiger partial charge in [-0.3, -0.25) is 9.59 Å². The van der Waals surface area contributed by atoms with Crippen molar-refractivity contribution >= 4 is 11.9 Å². The Hall–Kier alpha value is -1.62. The minimum Gasteiger partial charge on any atom is -0.462 e. The predicted octanol–water partition coefficient (Wildman–Crippen LogP) is 6.94. The molecule has 9 atom stereocenters. The molecule has 37 heavy (non-hydrogen) atoms. The molecule has 0 aromatic heterocycles. The summed E-state index contributed by atoms with van der Waals surface area (Å²) in [5.41, 5.74) is 4.10. The van der Waals surface area contributed by atoms with Gasteiger partial charge in [0.25, 0.3) is 0 Å². The van der Waals surface area contributed by atoms with Crippen LogP contribution < -0.4 is 0 Å². The summed E-state index contributed by atoms with van der Waals surface area (Å²) in [4.78, 5) is 24.1. The Kier molecular flexibility index (Phi) is 6.74. The predicted molar refractivity (Wildman–Crippen MR) is 144 cm³/mol. The van der Waals surface area contributed by atoms with Crippen molar-refractivity contribution in [1.29, 1.82) is 0 Å². The van der Waals surface area contributed by atoms with Crippen LogP contribution in [0.2, 0.25) is 0 Å². The van der Waals surface area contributed by atoms with Crippen LogP contribution in [0.15, 0.2) is 23.3 Å². The van der Waals surface area contributed by atoms with Crippen LogP contribution in [-0.4, -0.2) is 35.9 Å². The Morgan fingerprint density at radius 1 is 1.05 bits per heavy atom. The molecule has 0 N–H and O–H groups in total. The minimum atomic E-state index is -0.365. The van der Waals surface area contributed by atoms with Gasteiger partial charge < -0.3 is 14.2 Å². The number of hydrogen-bond acceptors (Lipinski definition) is 5. The van der Waals surface area contributed by atoms with E-state index >= 15 is 0 Å². The highest BCUT2D eigenvalue weighted by Gasteiger charge is 2.78. The first-order valence-corrected chi connectivity index (χ1v) is 14.8. The number of carbonyl (C=O) groups excluding carboxylic acids is 2. The third kappa shape index (κ3) is 4.13. The highest BCUT2D eigenvalue weighted by molar-refractivity contribution is 5.67. The fourth-order valence-corrected chi connectivity index (χ4v) is 9.34. The van der Waals surface area contributed by atoms with Gasteiger partial charge in [-0.25, -0.2) is 0 Å². The van der Waals surface area contributed by atoms with Gasteiger partial charge in [-0.1, -0.05) is 52.3 Å². The molecule has 0 aromatic carbocycles. The molecule has 5 heteroatoms. The first kappa shape index (κ1) is 27.0. The molecule has 3 saturated carbocycles. The van der Waals surface area contributed by atoms with E-state index in [1.54, 1.807) is 5.57 Å². The monoisotopic (exact) mass is 512 g/mol. The van der Waals surface area contributed by atoms with Crippen molar-refractivity contribution in [3.63, 3.8) is 0 Å². The fourth-order valence-electron chi connectivity index (χ4n) is 9.34. The number of carbonyl (C=O) groups is 2. The van der Waals surface area contributed by atoms with Crippen molar-refractivity contribution < 1.29 is 23.8 Å². The molecule has 1 saturated heterocycles. The molecule has 5 nitrogen and oxygen atoms in total. The molecule has 1 aliphatic heterocycles. The van der Waals surface area contributed by atoms with Gasteiger partial charge in [0.15, 0.2) is 6.10 Å². The van der Waals surface area contributed by atoms with Crippen LogP contribution in [-0.2, 0) is 23.8 Å². The number of fused-ring (bicyclic) bond motifs is 3. The Morgan fingerprint density at radius 3 is 2.41 bits per heavy atom. The van der Waals surface area contributed by atoms with E-state index in [1.165, 1.54) is 44.3 Å². The first-order valence-electron chi connectivity index (χ1n) is 14.8. The molecule has 0 radical (unpaired) electrons. The van der Waals surface area contributed by atoms with Gasteiger partial charge in [0.05, 0.1) is 0 Å². The van der Waals surface area contributed by atoms with Crippen molar-refractivity contribution in [3.8, 4) is 0 Å². The summed E-state index contributed by atoms with van der Waals surface area (Å²) in [7, 11) is 0. The molecular formula is C32H48O5. The van der Waals surface area contributed by atoms with E-state index in [4.69, 9.17) is 14.2 Å². The Labute approximate surface area is 223 Å². The van der Waals surface area contributed by atoms with Crippen LogP contribution in [0.3, 0.4) is 0 Å². The number of rotatable bonds is 7.